The molecule has 0 bridgehead atoms. The fourth-order valence-electron chi connectivity index (χ4n) is 9.07. The van der Waals surface area contributed by atoms with E-state index in [1.54, 1.807) is 0 Å². The Morgan fingerprint density at radius 1 is 0.269 bits per heavy atom. The summed E-state index contributed by atoms with van der Waals surface area (Å²) in [6, 6.07) is 56.2. The fourth-order valence-corrected chi connectivity index (χ4v) is 17.2. The molecule has 0 spiro atoms. The first-order chi connectivity index (χ1) is 37.3. The third-order valence-electron chi connectivity index (χ3n) is 12.7. The number of benzene rings is 9. The van der Waals surface area contributed by atoms with Crippen molar-refractivity contribution in [3.63, 3.8) is 0 Å². The maximum absolute atomic E-state index is 10.5. The Labute approximate surface area is 482 Å². The van der Waals surface area contributed by atoms with Crippen LogP contribution in [-0.2, 0) is 19.8 Å². The molecule has 78 heavy (non-hydrogen) atoms. The number of phenolic OH excluding ortho intramolecular Hbond substituents is 3. The minimum absolute atomic E-state index is 0.0241. The van der Waals surface area contributed by atoms with Crippen LogP contribution in [0.15, 0.2) is 164 Å². The zero-order valence-corrected chi connectivity index (χ0v) is 52.1. The Balaban J connectivity index is 0.000000176. The number of hydrogen-bond acceptors (Lipinski definition) is 6. The Kier molecular flexibility index (Phi) is 21.0. The molecule has 9 aromatic rings. The maximum atomic E-state index is 10.5. The van der Waals surface area contributed by atoms with Gasteiger partial charge in [0.1, 0.15) is 0 Å². The SMILES string of the molecule is Cc1cc(C)c(O)c([Se]c2cc(C)cc(C)c2O)c1.Cc1cc(C)c(O)c([Se]c2cc(C)cc(C)c2OCc2ccccc2)c1.Cc1cc(C)c(OCc2ccccc2)c([Se]c2cc(C)cc(C)c2OCc2ccccc2)c1. The number of hydrogen-bond donors (Lipinski definition) is 3. The summed E-state index contributed by atoms with van der Waals surface area (Å²) in [5.41, 5.74) is 16.9. The van der Waals surface area contributed by atoms with E-state index in [-0.39, 0.29) is 44.9 Å². The molecule has 0 aliphatic carbocycles. The summed E-state index contributed by atoms with van der Waals surface area (Å²) in [6.45, 7) is 26.3. The molecule has 0 aromatic heterocycles. The van der Waals surface area contributed by atoms with Gasteiger partial charge in [-0.2, -0.15) is 0 Å². The monoisotopic (exact) mass is 1240 g/mol. The zero-order chi connectivity index (χ0) is 56.0. The predicted octanol–water partition coefficient (Wildman–Crippen LogP) is 11.6. The molecule has 0 aliphatic rings. The van der Waals surface area contributed by atoms with Gasteiger partial charge in [0.2, 0.25) is 0 Å². The number of aromatic hydroxyl groups is 3. The summed E-state index contributed by atoms with van der Waals surface area (Å²) in [4.78, 5) is 0. The molecule has 0 atom stereocenters. The average Bonchev–Trinajstić information content (AvgIpc) is 3.40. The summed E-state index contributed by atoms with van der Waals surface area (Å²) in [5, 5.41) is 30.8. The second-order valence-corrected chi connectivity index (χ2v) is 27.0. The van der Waals surface area contributed by atoms with Crippen LogP contribution in [0.25, 0.3) is 0 Å². The number of phenols is 3. The Hall–Kier alpha value is -6.66. The quantitative estimate of drug-likeness (QED) is 0.0887. The van der Waals surface area contributed by atoms with Crippen molar-refractivity contribution in [1.29, 1.82) is 0 Å². The number of rotatable bonds is 15. The molecule has 9 heteroatoms. The summed E-state index contributed by atoms with van der Waals surface area (Å²) in [6.07, 6.45) is 0. The van der Waals surface area contributed by atoms with Crippen LogP contribution in [0.1, 0.15) is 83.5 Å². The van der Waals surface area contributed by atoms with Crippen LogP contribution in [0.4, 0.5) is 0 Å². The van der Waals surface area contributed by atoms with Crippen LogP contribution < -0.4 is 41.0 Å². The molecule has 0 saturated heterocycles. The minimum atomic E-state index is -0.0955. The Morgan fingerprint density at radius 2 is 0.474 bits per heavy atom. The van der Waals surface area contributed by atoms with Gasteiger partial charge in [0.05, 0.1) is 0 Å². The molecule has 0 radical (unpaired) electrons. The van der Waals surface area contributed by atoms with E-state index in [2.05, 4.69) is 152 Å². The summed E-state index contributed by atoms with van der Waals surface area (Å²) in [5.74, 6) is 4.05. The molecule has 3 N–H and O–H groups in total. The normalized spacial score (nSPS) is 10.8. The van der Waals surface area contributed by atoms with E-state index in [4.69, 9.17) is 14.2 Å². The van der Waals surface area contributed by atoms with Crippen molar-refractivity contribution < 1.29 is 29.5 Å². The summed E-state index contributed by atoms with van der Waals surface area (Å²) < 4.78 is 25.5. The van der Waals surface area contributed by atoms with Crippen molar-refractivity contribution >= 4 is 71.6 Å². The molecule has 0 unspecified atom stereocenters. The van der Waals surface area contributed by atoms with E-state index < -0.39 is 0 Å². The third-order valence-corrected chi connectivity index (χ3v) is 19.4. The number of ether oxygens (including phenoxy) is 3. The van der Waals surface area contributed by atoms with Gasteiger partial charge in [-0.1, -0.05) is 0 Å². The Morgan fingerprint density at radius 3 is 0.731 bits per heavy atom. The van der Waals surface area contributed by atoms with Crippen LogP contribution in [-0.4, -0.2) is 60.2 Å². The zero-order valence-electron chi connectivity index (χ0n) is 47.0. The first-order valence-electron chi connectivity index (χ1n) is 26.1. The van der Waals surface area contributed by atoms with Crippen LogP contribution >= 0.6 is 0 Å². The summed E-state index contributed by atoms with van der Waals surface area (Å²) >= 11 is -0.0724. The molecule has 9 aromatic carbocycles. The van der Waals surface area contributed by atoms with Gasteiger partial charge >= 0.3 is 486 Å². The van der Waals surface area contributed by atoms with E-state index in [1.165, 1.54) is 57.9 Å². The van der Waals surface area contributed by atoms with Crippen LogP contribution in [0.2, 0.25) is 0 Å². The fraction of sp³-hybridized carbons (Fsp3) is 0.217. The Bertz CT molecular complexity index is 3330. The molecule has 0 amide bonds. The molecule has 402 valence electrons. The molecule has 9 rings (SSSR count). The second-order valence-electron chi connectivity index (χ2n) is 20.1. The van der Waals surface area contributed by atoms with Gasteiger partial charge in [-0.25, -0.2) is 0 Å². The third kappa shape index (κ3) is 16.4. The molecule has 0 heterocycles. The predicted molar refractivity (Wildman–Crippen MR) is 328 cm³/mol. The number of aryl methyl sites for hydroxylation is 12. The van der Waals surface area contributed by atoms with Gasteiger partial charge < -0.3 is 0 Å². The van der Waals surface area contributed by atoms with Crippen molar-refractivity contribution in [2.45, 2.75) is 103 Å². The van der Waals surface area contributed by atoms with Crippen molar-refractivity contribution in [3.05, 3.63) is 247 Å². The van der Waals surface area contributed by atoms with E-state index in [9.17, 15) is 15.3 Å². The van der Waals surface area contributed by atoms with Crippen LogP contribution in [0.5, 0.6) is 34.5 Å². The molecule has 6 nitrogen and oxygen atoms in total. The van der Waals surface area contributed by atoms with Gasteiger partial charge in [-0.15, -0.1) is 0 Å². The molecule has 0 fully saturated rings. The molecule has 0 saturated carbocycles. The van der Waals surface area contributed by atoms with Crippen LogP contribution in [0.3, 0.4) is 0 Å². The van der Waals surface area contributed by atoms with Crippen molar-refractivity contribution in [2.24, 2.45) is 0 Å². The van der Waals surface area contributed by atoms with Gasteiger partial charge in [0.15, 0.2) is 0 Å². The summed E-state index contributed by atoms with van der Waals surface area (Å²) in [7, 11) is 0. The second kappa shape index (κ2) is 27.8. The van der Waals surface area contributed by atoms with Gasteiger partial charge in [0.25, 0.3) is 0 Å². The van der Waals surface area contributed by atoms with E-state index in [0.29, 0.717) is 37.1 Å². The average molecular weight is 1230 g/mol. The molecular weight excluding hydrogens is 1160 g/mol. The first-order valence-corrected chi connectivity index (χ1v) is 31.2. The van der Waals surface area contributed by atoms with E-state index in [0.717, 1.165) is 69.6 Å². The first kappa shape index (κ1) is 59.0. The van der Waals surface area contributed by atoms with Crippen LogP contribution in [0, 0.1) is 83.1 Å². The topological polar surface area (TPSA) is 88.4 Å². The van der Waals surface area contributed by atoms with E-state index >= 15 is 0 Å². The molecular formula is C69H72O6Se3. The van der Waals surface area contributed by atoms with Gasteiger partial charge in [0, 0.05) is 0 Å². The van der Waals surface area contributed by atoms with Gasteiger partial charge in [-0.05, 0) is 0 Å². The van der Waals surface area contributed by atoms with Gasteiger partial charge in [-0.3, -0.25) is 0 Å². The molecule has 0 aliphatic heterocycles. The van der Waals surface area contributed by atoms with Crippen molar-refractivity contribution in [2.75, 3.05) is 0 Å². The van der Waals surface area contributed by atoms with E-state index in [1.807, 2.05) is 95.3 Å². The van der Waals surface area contributed by atoms with Crippen molar-refractivity contribution in [3.8, 4) is 34.5 Å². The van der Waals surface area contributed by atoms with Crippen molar-refractivity contribution in [1.82, 2.24) is 0 Å². The standard InChI is InChI=1S/C30H30O2Se.C23H24O2Se.C16H18O2Se/c1-21-15-23(3)29(31-19-25-11-7-5-8-12-25)27(17-21)33-28-18-22(2)16-24(4)30(28)32-20-26-13-9-6-10-14-26;1-15-10-17(3)22(24)20(12-15)26-21-13-16(2)11-18(4)23(21)25-14-19-8-6-5-7-9-19;1-9-5-11(3)15(17)13(7-9)19-14-8-10(2)6-12(4)16(14)18/h5-18H,19-20H2,1-4H3;5-13,24H,14H2,1-4H3;5-8,17-18H,1-4H3.